The number of rotatable bonds is 7. The molecule has 0 N–H and O–H groups in total. The minimum Gasteiger partial charge on any atom is -0.454 e. The number of furan rings is 1. The summed E-state index contributed by atoms with van der Waals surface area (Å²) in [4.78, 5) is 2.38. The number of fused-ring (bicyclic) bond motifs is 6. The van der Waals surface area contributed by atoms with Crippen LogP contribution in [0.5, 0.6) is 0 Å². The molecule has 0 unspecified atom stereocenters. The van der Waals surface area contributed by atoms with E-state index in [-0.39, 0.29) is 0 Å². The van der Waals surface area contributed by atoms with Gasteiger partial charge >= 0.3 is 0 Å². The van der Waals surface area contributed by atoms with Crippen LogP contribution in [-0.2, 0) is 12.8 Å². The van der Waals surface area contributed by atoms with Gasteiger partial charge in [0.2, 0.25) is 0 Å². The molecule has 0 atom stereocenters. The van der Waals surface area contributed by atoms with Crippen molar-refractivity contribution in [1.82, 2.24) is 4.57 Å². The first kappa shape index (κ1) is 33.6. The van der Waals surface area contributed by atoms with Crippen molar-refractivity contribution < 1.29 is 4.42 Å². The Labute approximate surface area is 334 Å². The van der Waals surface area contributed by atoms with E-state index in [9.17, 15) is 0 Å². The third kappa shape index (κ3) is 5.92. The van der Waals surface area contributed by atoms with Crippen molar-refractivity contribution in [2.45, 2.75) is 51.4 Å². The predicted molar refractivity (Wildman–Crippen MR) is 237 cm³/mol. The number of nitrogens with zero attached hydrogens (tertiary/aromatic N) is 2. The summed E-state index contributed by atoms with van der Waals surface area (Å²) in [6.07, 6.45) is 20.5. The molecule has 3 aliphatic carbocycles. The van der Waals surface area contributed by atoms with Crippen LogP contribution in [0.25, 0.3) is 55.2 Å². The lowest BCUT2D eigenvalue weighted by molar-refractivity contribution is 0.667. The van der Waals surface area contributed by atoms with Crippen LogP contribution in [0, 0.1) is 12.1 Å². The number of aryl methyl sites for hydroxylation is 1. The van der Waals surface area contributed by atoms with Crippen LogP contribution < -0.4 is 4.90 Å². The van der Waals surface area contributed by atoms with Gasteiger partial charge in [-0.05, 0) is 157 Å². The molecule has 0 saturated carbocycles. The molecule has 3 aliphatic rings. The van der Waals surface area contributed by atoms with Crippen molar-refractivity contribution >= 4 is 55.5 Å². The molecular formula is C54H42N2O. The molecular weight excluding hydrogens is 693 g/mol. The highest BCUT2D eigenvalue weighted by Gasteiger charge is 2.24. The molecule has 3 heteroatoms. The standard InChI is InChI=1S/C54H42N2O/c1-3-13-37(14-4-1)39-23-25-40(26-24-39)41-27-29-43(30-28-41)55(44-31-33-45(34-32-44)56-50-20-10-7-17-46(50)47-18-8-11-21-51(47)56)52-36-42(38-15-5-2-6-16-38)35-49-48-19-9-12-22-53(48)57-54(49)52/h1-3,5-6,9,11-13,15-16,19,21-23,25,27-36H,4,7,10,14,17,20,24,26H2. The molecule has 0 spiro atoms. The Balaban J connectivity index is 1.06. The van der Waals surface area contributed by atoms with E-state index in [2.05, 4.69) is 173 Å². The SMILES string of the molecule is c1ccc2c(c#1)c1c(n2-c2ccc(N(c3ccc(C4=CC=C(C5=CC=CCC5)CC4)cc3)c3cc(-c4ccccc4)cc4c3oc3ccccc34)cc2)CCCC1. The zero-order chi connectivity index (χ0) is 37.7. The second kappa shape index (κ2) is 14.1. The molecule has 2 heterocycles. The Morgan fingerprint density at radius 1 is 0.596 bits per heavy atom. The fraction of sp³-hybridized carbons (Fsp3) is 0.148. The van der Waals surface area contributed by atoms with Gasteiger partial charge < -0.3 is 13.9 Å². The maximum atomic E-state index is 6.79. The largest absolute Gasteiger partial charge is 0.454 e. The Bertz CT molecular complexity index is 2930. The smallest absolute Gasteiger partial charge is 0.159 e. The fourth-order valence-corrected chi connectivity index (χ4v) is 9.43. The van der Waals surface area contributed by atoms with Crippen molar-refractivity contribution in [2.24, 2.45) is 0 Å². The van der Waals surface area contributed by atoms with Crippen molar-refractivity contribution in [3.63, 3.8) is 0 Å². The first-order valence-electron chi connectivity index (χ1n) is 20.5. The first-order chi connectivity index (χ1) is 28.3. The molecule has 0 bridgehead atoms. The molecule has 0 fully saturated rings. The number of para-hydroxylation sites is 1. The summed E-state index contributed by atoms with van der Waals surface area (Å²) < 4.78 is 9.26. The van der Waals surface area contributed by atoms with E-state index in [1.165, 1.54) is 68.5 Å². The number of benzene rings is 5. The van der Waals surface area contributed by atoms with Gasteiger partial charge in [-0.25, -0.2) is 0 Å². The van der Waals surface area contributed by atoms with Crippen molar-refractivity contribution in [2.75, 3.05) is 4.90 Å². The molecule has 2 aromatic heterocycles. The van der Waals surface area contributed by atoms with Crippen molar-refractivity contribution in [3.05, 3.63) is 198 Å². The minimum absolute atomic E-state index is 0.876. The van der Waals surface area contributed by atoms with Crippen molar-refractivity contribution in [1.29, 1.82) is 0 Å². The van der Waals surface area contributed by atoms with Gasteiger partial charge in [0.1, 0.15) is 5.58 Å². The van der Waals surface area contributed by atoms with Gasteiger partial charge in [-0.3, -0.25) is 0 Å². The Morgan fingerprint density at radius 3 is 2.16 bits per heavy atom. The highest BCUT2D eigenvalue weighted by molar-refractivity contribution is 6.12. The summed E-state index contributed by atoms with van der Waals surface area (Å²) in [5.74, 6) is 0. The average Bonchev–Trinajstić information content (AvgIpc) is 3.84. The number of allylic oxidation sites excluding steroid dienone is 8. The highest BCUT2D eigenvalue weighted by Crippen LogP contribution is 2.45. The summed E-state index contributed by atoms with van der Waals surface area (Å²) in [5, 5.41) is 3.44. The molecule has 6 aromatic carbocycles. The molecule has 0 saturated heterocycles. The summed E-state index contributed by atoms with van der Waals surface area (Å²) in [6.45, 7) is 0. The molecule has 11 rings (SSSR count). The van der Waals surface area contributed by atoms with Gasteiger partial charge in [-0.15, -0.1) is 0 Å². The van der Waals surface area contributed by atoms with Crippen molar-refractivity contribution in [3.8, 4) is 16.8 Å². The van der Waals surface area contributed by atoms with Crippen LogP contribution in [0.1, 0.15) is 55.3 Å². The van der Waals surface area contributed by atoms with E-state index >= 15 is 0 Å². The lowest BCUT2D eigenvalue weighted by Gasteiger charge is -2.27. The van der Waals surface area contributed by atoms with Gasteiger partial charge in [0, 0.05) is 33.5 Å². The van der Waals surface area contributed by atoms with Crippen LogP contribution in [-0.4, -0.2) is 4.57 Å². The molecule has 0 amide bonds. The lowest BCUT2D eigenvalue weighted by atomic mass is 9.87. The number of anilines is 3. The molecule has 8 aromatic rings. The maximum Gasteiger partial charge on any atom is 0.159 e. The summed E-state index contributed by atoms with van der Waals surface area (Å²) in [7, 11) is 0. The van der Waals surface area contributed by atoms with E-state index in [1.807, 2.05) is 6.07 Å². The molecule has 3 nitrogen and oxygen atoms in total. The van der Waals surface area contributed by atoms with Crippen LogP contribution in [0.4, 0.5) is 17.1 Å². The normalized spacial score (nSPS) is 15.3. The van der Waals surface area contributed by atoms with Gasteiger partial charge in [0.25, 0.3) is 0 Å². The molecule has 274 valence electrons. The van der Waals surface area contributed by atoms with Crippen LogP contribution in [0.15, 0.2) is 173 Å². The third-order valence-corrected chi connectivity index (χ3v) is 12.3. The van der Waals surface area contributed by atoms with E-state index in [0.717, 1.165) is 83.1 Å². The monoisotopic (exact) mass is 734 g/mol. The van der Waals surface area contributed by atoms with Crippen LogP contribution in [0.3, 0.4) is 0 Å². The van der Waals surface area contributed by atoms with Gasteiger partial charge in [-0.1, -0.05) is 103 Å². The Kier molecular flexibility index (Phi) is 8.29. The van der Waals surface area contributed by atoms with Crippen LogP contribution >= 0.6 is 0 Å². The number of aromatic nitrogens is 1. The van der Waals surface area contributed by atoms with E-state index < -0.39 is 0 Å². The Hall–Kier alpha value is -6.76. The molecule has 0 aliphatic heterocycles. The zero-order valence-electron chi connectivity index (χ0n) is 32.0. The fourth-order valence-electron chi connectivity index (χ4n) is 9.43. The van der Waals surface area contributed by atoms with Gasteiger partial charge in [0.15, 0.2) is 5.58 Å². The maximum absolute atomic E-state index is 6.79. The number of hydrogen-bond acceptors (Lipinski definition) is 2. The van der Waals surface area contributed by atoms with E-state index in [0.29, 0.717) is 0 Å². The first-order valence-corrected chi connectivity index (χ1v) is 20.5. The van der Waals surface area contributed by atoms with Gasteiger partial charge in [0.05, 0.1) is 16.6 Å². The van der Waals surface area contributed by atoms with E-state index in [4.69, 9.17) is 4.42 Å². The summed E-state index contributed by atoms with van der Waals surface area (Å²) >= 11 is 0. The lowest BCUT2D eigenvalue weighted by Crippen LogP contribution is -2.11. The Morgan fingerprint density at radius 2 is 1.35 bits per heavy atom. The van der Waals surface area contributed by atoms with Crippen LogP contribution in [0.2, 0.25) is 0 Å². The second-order valence-corrected chi connectivity index (χ2v) is 15.6. The molecule has 57 heavy (non-hydrogen) atoms. The predicted octanol–water partition coefficient (Wildman–Crippen LogP) is 14.5. The number of hydrogen-bond donors (Lipinski definition) is 0. The molecule has 0 radical (unpaired) electrons. The minimum atomic E-state index is 0.876. The van der Waals surface area contributed by atoms with Gasteiger partial charge in [-0.2, -0.15) is 0 Å². The topological polar surface area (TPSA) is 21.3 Å². The quantitative estimate of drug-likeness (QED) is 0.163. The third-order valence-electron chi connectivity index (χ3n) is 12.3. The summed E-state index contributed by atoms with van der Waals surface area (Å²) in [6, 6.07) is 52.8. The highest BCUT2D eigenvalue weighted by atomic mass is 16.3. The zero-order valence-corrected chi connectivity index (χ0v) is 32.0. The average molecular weight is 735 g/mol. The van der Waals surface area contributed by atoms with E-state index in [1.54, 1.807) is 0 Å². The second-order valence-electron chi connectivity index (χ2n) is 15.6. The summed E-state index contributed by atoms with van der Waals surface area (Å²) in [5.41, 5.74) is 18.1.